The molecule has 0 saturated carbocycles. The molecule has 5 rings (SSSR count). The largest absolute Gasteiger partial charge is 0.454 e. The van der Waals surface area contributed by atoms with Crippen molar-refractivity contribution >= 4 is 17.9 Å². The molecule has 4 aliphatic heterocycles. The molecule has 0 spiro atoms. The Hall–Kier alpha value is -2.49. The first-order valence-electron chi connectivity index (χ1n) is 9.87. The number of aliphatic hydroxyl groups is 2. The van der Waals surface area contributed by atoms with Crippen LogP contribution in [0, 0.1) is 5.41 Å². The topological polar surface area (TPSA) is 129 Å². The van der Waals surface area contributed by atoms with Gasteiger partial charge < -0.3 is 29.2 Å². The number of aliphatic hydroxyl groups excluding tert-OH is 1. The second-order valence-corrected chi connectivity index (χ2v) is 8.76. The van der Waals surface area contributed by atoms with Crippen molar-refractivity contribution in [2.75, 3.05) is 0 Å². The van der Waals surface area contributed by atoms with Crippen LogP contribution in [-0.2, 0) is 33.3 Å². The number of cyclic esters (lactones) is 2. The van der Waals surface area contributed by atoms with E-state index in [0.717, 1.165) is 0 Å². The summed E-state index contributed by atoms with van der Waals surface area (Å²) in [7, 11) is 0. The average Bonchev–Trinajstić information content (AvgIpc) is 3.33. The quantitative estimate of drug-likeness (QED) is 0.375. The first-order valence-corrected chi connectivity index (χ1v) is 9.87. The standard InChI is InChI=1S/C21H22O9/c1-9(10-7-13(27-15(10)23)11-8-14(22)28-16(11)24)20(3)18-19(2)12(17(25)29-18)5-4-6-21(19,26)30-20/h5,8,13-14,18,22,26H,4,6-7H2,1-3H3/b10-9-/t13-,14?,18+,19-,20+,21+/m1/s1. The van der Waals surface area contributed by atoms with E-state index in [1.165, 1.54) is 6.08 Å². The fourth-order valence-corrected chi connectivity index (χ4v) is 5.48. The Morgan fingerprint density at radius 2 is 1.83 bits per heavy atom. The normalized spacial score (nSPS) is 46.2. The van der Waals surface area contributed by atoms with E-state index in [1.807, 2.05) is 0 Å². The third-order valence-electron chi connectivity index (χ3n) is 7.27. The zero-order valence-corrected chi connectivity index (χ0v) is 16.8. The zero-order valence-electron chi connectivity index (χ0n) is 16.8. The molecule has 1 aliphatic carbocycles. The fourth-order valence-electron chi connectivity index (χ4n) is 5.48. The van der Waals surface area contributed by atoms with Crippen molar-refractivity contribution in [1.29, 1.82) is 0 Å². The number of carbonyl (C=O) groups excluding carboxylic acids is 3. The molecule has 0 aromatic heterocycles. The Labute approximate surface area is 171 Å². The summed E-state index contributed by atoms with van der Waals surface area (Å²) < 4.78 is 21.9. The summed E-state index contributed by atoms with van der Waals surface area (Å²) in [6.07, 6.45) is 0.732. The molecule has 1 unspecified atom stereocenters. The van der Waals surface area contributed by atoms with Crippen molar-refractivity contribution in [1.82, 2.24) is 0 Å². The maximum atomic E-state index is 12.7. The molecule has 9 nitrogen and oxygen atoms in total. The molecule has 2 N–H and O–H groups in total. The Balaban J connectivity index is 1.54. The smallest absolute Gasteiger partial charge is 0.340 e. The van der Waals surface area contributed by atoms with Gasteiger partial charge in [0.05, 0.1) is 11.0 Å². The maximum absolute atomic E-state index is 12.7. The van der Waals surface area contributed by atoms with Gasteiger partial charge in [-0.1, -0.05) is 6.08 Å². The zero-order chi connectivity index (χ0) is 21.6. The summed E-state index contributed by atoms with van der Waals surface area (Å²) in [6, 6.07) is 0. The monoisotopic (exact) mass is 418 g/mol. The maximum Gasteiger partial charge on any atom is 0.340 e. The number of ether oxygens (including phenoxy) is 4. The summed E-state index contributed by atoms with van der Waals surface area (Å²) in [5.41, 5.74) is -1.13. The second kappa shape index (κ2) is 5.81. The number of allylic oxidation sites excluding steroid dienone is 1. The highest BCUT2D eigenvalue weighted by Gasteiger charge is 2.75. The first kappa shape index (κ1) is 19.5. The van der Waals surface area contributed by atoms with E-state index in [2.05, 4.69) is 4.74 Å². The van der Waals surface area contributed by atoms with Crippen LogP contribution in [0.3, 0.4) is 0 Å². The van der Waals surface area contributed by atoms with Crippen LogP contribution >= 0.6 is 0 Å². The molecule has 3 saturated heterocycles. The number of carbonyl (C=O) groups is 3. The highest BCUT2D eigenvalue weighted by Crippen LogP contribution is 2.64. The molecule has 6 atom stereocenters. The van der Waals surface area contributed by atoms with Gasteiger partial charge >= 0.3 is 17.9 Å². The Morgan fingerprint density at radius 1 is 1.10 bits per heavy atom. The predicted octanol–water partition coefficient (Wildman–Crippen LogP) is 0.549. The van der Waals surface area contributed by atoms with E-state index in [0.29, 0.717) is 24.0 Å². The molecule has 9 heteroatoms. The van der Waals surface area contributed by atoms with Crippen LogP contribution < -0.4 is 0 Å². The minimum absolute atomic E-state index is 0.0653. The van der Waals surface area contributed by atoms with Gasteiger partial charge in [0, 0.05) is 24.0 Å². The van der Waals surface area contributed by atoms with Crippen molar-refractivity contribution in [2.24, 2.45) is 5.41 Å². The molecule has 160 valence electrons. The minimum atomic E-state index is -1.62. The van der Waals surface area contributed by atoms with Crippen LogP contribution in [0.15, 0.2) is 34.4 Å². The van der Waals surface area contributed by atoms with Crippen LogP contribution in [0.2, 0.25) is 0 Å². The molecule has 4 heterocycles. The lowest BCUT2D eigenvalue weighted by molar-refractivity contribution is -0.247. The van der Waals surface area contributed by atoms with Crippen LogP contribution in [0.25, 0.3) is 0 Å². The molecule has 0 aromatic carbocycles. The Morgan fingerprint density at radius 3 is 2.50 bits per heavy atom. The van der Waals surface area contributed by atoms with Gasteiger partial charge in [0.1, 0.15) is 17.8 Å². The minimum Gasteiger partial charge on any atom is -0.454 e. The van der Waals surface area contributed by atoms with E-state index in [1.54, 1.807) is 26.8 Å². The van der Waals surface area contributed by atoms with Gasteiger partial charge in [-0.2, -0.15) is 0 Å². The van der Waals surface area contributed by atoms with E-state index < -0.39 is 53.2 Å². The van der Waals surface area contributed by atoms with Crippen molar-refractivity contribution < 1.29 is 43.5 Å². The highest BCUT2D eigenvalue weighted by atomic mass is 16.7. The van der Waals surface area contributed by atoms with Crippen LogP contribution in [-0.4, -0.2) is 58.0 Å². The number of rotatable bonds is 2. The average molecular weight is 418 g/mol. The van der Waals surface area contributed by atoms with Gasteiger partial charge in [0.25, 0.3) is 0 Å². The van der Waals surface area contributed by atoms with E-state index in [-0.39, 0.29) is 17.6 Å². The van der Waals surface area contributed by atoms with Crippen LogP contribution in [0.1, 0.15) is 40.0 Å². The van der Waals surface area contributed by atoms with Crippen LogP contribution in [0.5, 0.6) is 0 Å². The lowest BCUT2D eigenvalue weighted by Gasteiger charge is -2.38. The SMILES string of the molecule is C/C(=C1\C[C@H](C2=CC(O)OC2=O)OC1=O)[C@]1(C)O[C@@]2(O)CCC=C3C(=O)O[C@H]1[C@@]32C. The summed E-state index contributed by atoms with van der Waals surface area (Å²) in [6.45, 7) is 5.10. The van der Waals surface area contributed by atoms with Crippen LogP contribution in [0.4, 0.5) is 0 Å². The van der Waals surface area contributed by atoms with E-state index in [4.69, 9.17) is 14.2 Å². The van der Waals surface area contributed by atoms with Gasteiger partial charge in [-0.15, -0.1) is 0 Å². The molecule has 3 fully saturated rings. The first-order chi connectivity index (χ1) is 14.0. The lowest BCUT2D eigenvalue weighted by atomic mass is 9.65. The summed E-state index contributed by atoms with van der Waals surface area (Å²) in [5, 5.41) is 20.8. The summed E-state index contributed by atoms with van der Waals surface area (Å²) in [5.74, 6) is -3.49. The molecule has 0 radical (unpaired) electrons. The fraction of sp³-hybridized carbons (Fsp3) is 0.571. The number of hydrogen-bond acceptors (Lipinski definition) is 9. The summed E-state index contributed by atoms with van der Waals surface area (Å²) >= 11 is 0. The number of hydrogen-bond donors (Lipinski definition) is 2. The summed E-state index contributed by atoms with van der Waals surface area (Å²) in [4.78, 5) is 37.0. The Bertz CT molecular complexity index is 990. The van der Waals surface area contributed by atoms with Crippen molar-refractivity contribution in [3.8, 4) is 0 Å². The highest BCUT2D eigenvalue weighted by molar-refractivity contribution is 5.97. The molecule has 0 amide bonds. The van der Waals surface area contributed by atoms with Crippen molar-refractivity contribution in [3.05, 3.63) is 34.4 Å². The second-order valence-electron chi connectivity index (χ2n) is 8.76. The molecule has 5 aliphatic rings. The predicted molar refractivity (Wildman–Crippen MR) is 97.1 cm³/mol. The third-order valence-corrected chi connectivity index (χ3v) is 7.27. The van der Waals surface area contributed by atoms with Gasteiger partial charge in [-0.25, -0.2) is 14.4 Å². The van der Waals surface area contributed by atoms with Crippen molar-refractivity contribution in [3.63, 3.8) is 0 Å². The Kier molecular flexibility index (Phi) is 3.77. The van der Waals surface area contributed by atoms with Gasteiger partial charge in [-0.3, -0.25) is 0 Å². The molecular formula is C21H22O9. The number of esters is 3. The van der Waals surface area contributed by atoms with Crippen molar-refractivity contribution in [2.45, 2.75) is 69.9 Å². The van der Waals surface area contributed by atoms with Gasteiger partial charge in [0.2, 0.25) is 6.29 Å². The molecule has 30 heavy (non-hydrogen) atoms. The third kappa shape index (κ3) is 2.20. The molecule has 0 bridgehead atoms. The molecular weight excluding hydrogens is 396 g/mol. The lowest BCUT2D eigenvalue weighted by Crippen LogP contribution is -2.48. The van der Waals surface area contributed by atoms with E-state index in [9.17, 15) is 24.6 Å². The van der Waals surface area contributed by atoms with Gasteiger partial charge in [-0.05, 0) is 38.8 Å². The van der Waals surface area contributed by atoms with E-state index >= 15 is 0 Å². The van der Waals surface area contributed by atoms with Gasteiger partial charge in [0.15, 0.2) is 5.79 Å². The molecule has 0 aromatic rings.